The molecular weight excluding hydrogens is 324 g/mol. The van der Waals surface area contributed by atoms with Gasteiger partial charge in [0.25, 0.3) is 5.91 Å². The number of amides is 1. The lowest BCUT2D eigenvalue weighted by Gasteiger charge is -2.32. The molecule has 0 saturated carbocycles. The highest BCUT2D eigenvalue weighted by molar-refractivity contribution is 5.94. The number of carbonyl (C=O) groups is 1. The van der Waals surface area contributed by atoms with Crippen LogP contribution in [0.5, 0.6) is 0 Å². The van der Waals surface area contributed by atoms with Crippen molar-refractivity contribution in [2.45, 2.75) is 26.9 Å². The maximum absolute atomic E-state index is 14.0. The Labute approximate surface area is 146 Å². The third-order valence-electron chi connectivity index (χ3n) is 3.69. The summed E-state index contributed by atoms with van der Waals surface area (Å²) < 4.78 is 27.1. The van der Waals surface area contributed by atoms with Gasteiger partial charge in [-0.05, 0) is 23.1 Å². The molecule has 0 aliphatic heterocycles. The minimum Gasteiger partial charge on any atom is -0.387 e. The summed E-state index contributed by atoms with van der Waals surface area (Å²) in [5, 5.41) is 10.4. The Kier molecular flexibility index (Phi) is 5.90. The molecule has 0 heterocycles. The number of hydrogen-bond donors (Lipinski definition) is 1. The largest absolute Gasteiger partial charge is 0.387 e. The Hall–Kier alpha value is -2.27. The zero-order chi connectivity index (χ0) is 18.6. The van der Waals surface area contributed by atoms with Crippen LogP contribution in [0, 0.1) is 17.0 Å². The summed E-state index contributed by atoms with van der Waals surface area (Å²) in [6.45, 7) is 6.19. The molecule has 0 radical (unpaired) electrons. The molecule has 0 fully saturated rings. The highest BCUT2D eigenvalue weighted by Crippen LogP contribution is 2.22. The molecule has 0 spiro atoms. The predicted molar refractivity (Wildman–Crippen MR) is 93.1 cm³/mol. The van der Waals surface area contributed by atoms with Gasteiger partial charge < -0.3 is 10.0 Å². The first-order valence-electron chi connectivity index (χ1n) is 8.15. The highest BCUT2D eigenvalue weighted by Gasteiger charge is 2.26. The highest BCUT2D eigenvalue weighted by atomic mass is 19.1. The van der Waals surface area contributed by atoms with Crippen LogP contribution in [0.25, 0.3) is 0 Å². The molecule has 1 amide bonds. The number of carbonyl (C=O) groups excluding carboxylic acids is 1. The average molecular weight is 347 g/mol. The standard InChI is InChI=1S/C20H23F2NO2/c1-20(2,3)13-23(12-18(24)14-7-5-4-6-8-14)19(25)16-10-9-15(21)11-17(16)22/h4-11,18,24H,12-13H2,1-3H3/t18-/m1/s1. The van der Waals surface area contributed by atoms with E-state index < -0.39 is 23.6 Å². The second kappa shape index (κ2) is 7.74. The Morgan fingerprint density at radius 1 is 1.12 bits per heavy atom. The number of aliphatic hydroxyl groups is 1. The lowest BCUT2D eigenvalue weighted by atomic mass is 9.95. The topological polar surface area (TPSA) is 40.5 Å². The fraction of sp³-hybridized carbons (Fsp3) is 0.350. The van der Waals surface area contributed by atoms with Crippen LogP contribution in [0.1, 0.15) is 42.8 Å². The van der Waals surface area contributed by atoms with E-state index in [-0.39, 0.29) is 17.5 Å². The first-order chi connectivity index (χ1) is 11.7. The van der Waals surface area contributed by atoms with Crippen molar-refractivity contribution < 1.29 is 18.7 Å². The molecule has 134 valence electrons. The average Bonchev–Trinajstić information content (AvgIpc) is 2.53. The van der Waals surface area contributed by atoms with Crippen molar-refractivity contribution >= 4 is 5.91 Å². The molecule has 25 heavy (non-hydrogen) atoms. The van der Waals surface area contributed by atoms with Gasteiger partial charge >= 0.3 is 0 Å². The van der Waals surface area contributed by atoms with Gasteiger partial charge in [-0.25, -0.2) is 8.78 Å². The van der Waals surface area contributed by atoms with Gasteiger partial charge in [-0.3, -0.25) is 4.79 Å². The zero-order valence-electron chi connectivity index (χ0n) is 14.7. The van der Waals surface area contributed by atoms with Gasteiger partial charge in [0.05, 0.1) is 18.2 Å². The van der Waals surface area contributed by atoms with E-state index in [2.05, 4.69) is 0 Å². The van der Waals surface area contributed by atoms with Gasteiger partial charge in [0.2, 0.25) is 0 Å². The van der Waals surface area contributed by atoms with E-state index in [0.717, 1.165) is 12.1 Å². The fourth-order valence-corrected chi connectivity index (χ4v) is 2.61. The van der Waals surface area contributed by atoms with Crippen molar-refractivity contribution in [3.8, 4) is 0 Å². The van der Waals surface area contributed by atoms with Crippen LogP contribution in [0.3, 0.4) is 0 Å². The summed E-state index contributed by atoms with van der Waals surface area (Å²) in [6, 6.07) is 11.9. The SMILES string of the molecule is CC(C)(C)CN(C[C@@H](O)c1ccccc1)C(=O)c1ccc(F)cc1F. The van der Waals surface area contributed by atoms with Crippen molar-refractivity contribution in [3.05, 3.63) is 71.3 Å². The number of aliphatic hydroxyl groups excluding tert-OH is 1. The van der Waals surface area contributed by atoms with Crippen molar-refractivity contribution in [2.24, 2.45) is 5.41 Å². The van der Waals surface area contributed by atoms with E-state index in [1.165, 1.54) is 4.90 Å². The second-order valence-electron chi connectivity index (χ2n) is 7.30. The molecule has 1 N–H and O–H groups in total. The lowest BCUT2D eigenvalue weighted by molar-refractivity contribution is 0.0535. The van der Waals surface area contributed by atoms with Gasteiger partial charge in [-0.2, -0.15) is 0 Å². The normalized spacial score (nSPS) is 12.7. The number of halogens is 2. The minimum absolute atomic E-state index is 0.0247. The van der Waals surface area contributed by atoms with Crippen molar-refractivity contribution in [2.75, 3.05) is 13.1 Å². The summed E-state index contributed by atoms with van der Waals surface area (Å²) in [4.78, 5) is 14.2. The molecule has 0 aliphatic rings. The zero-order valence-corrected chi connectivity index (χ0v) is 14.7. The molecule has 3 nitrogen and oxygen atoms in total. The summed E-state index contributed by atoms with van der Waals surface area (Å²) >= 11 is 0. The maximum atomic E-state index is 14.0. The number of benzene rings is 2. The third-order valence-corrected chi connectivity index (χ3v) is 3.69. The molecule has 2 aromatic rings. The summed E-state index contributed by atoms with van der Waals surface area (Å²) in [6.07, 6.45) is -0.893. The van der Waals surface area contributed by atoms with Crippen molar-refractivity contribution in [1.29, 1.82) is 0 Å². The Morgan fingerprint density at radius 2 is 1.76 bits per heavy atom. The number of hydrogen-bond acceptors (Lipinski definition) is 2. The van der Waals surface area contributed by atoms with Crippen LogP contribution >= 0.6 is 0 Å². The number of rotatable bonds is 5. The Bertz CT molecular complexity index is 726. The monoisotopic (exact) mass is 347 g/mol. The summed E-state index contributed by atoms with van der Waals surface area (Å²) in [5.41, 5.74) is 0.224. The van der Waals surface area contributed by atoms with Gasteiger partial charge in [-0.15, -0.1) is 0 Å². The van der Waals surface area contributed by atoms with Crippen LogP contribution in [0.2, 0.25) is 0 Å². The second-order valence-corrected chi connectivity index (χ2v) is 7.30. The van der Waals surface area contributed by atoms with E-state index in [1.807, 2.05) is 26.8 Å². The van der Waals surface area contributed by atoms with Gasteiger partial charge in [0.15, 0.2) is 0 Å². The van der Waals surface area contributed by atoms with Crippen LogP contribution in [0.15, 0.2) is 48.5 Å². The molecule has 0 unspecified atom stereocenters. The van der Waals surface area contributed by atoms with Gasteiger partial charge in [0.1, 0.15) is 11.6 Å². The van der Waals surface area contributed by atoms with Crippen LogP contribution in [0.4, 0.5) is 8.78 Å². The molecule has 2 rings (SSSR count). The molecular formula is C20H23F2NO2. The molecule has 5 heteroatoms. The van der Waals surface area contributed by atoms with Crippen molar-refractivity contribution in [3.63, 3.8) is 0 Å². The smallest absolute Gasteiger partial charge is 0.256 e. The van der Waals surface area contributed by atoms with E-state index >= 15 is 0 Å². The van der Waals surface area contributed by atoms with Gasteiger partial charge in [-0.1, -0.05) is 51.1 Å². The molecule has 0 bridgehead atoms. The first kappa shape index (κ1) is 19.1. The quantitative estimate of drug-likeness (QED) is 0.881. The third kappa shape index (κ3) is 5.36. The minimum atomic E-state index is -0.905. The molecule has 0 aliphatic carbocycles. The van der Waals surface area contributed by atoms with E-state index in [4.69, 9.17) is 0 Å². The van der Waals surface area contributed by atoms with E-state index in [1.54, 1.807) is 24.3 Å². The molecule has 1 atom stereocenters. The molecule has 0 aromatic heterocycles. The summed E-state index contributed by atoms with van der Waals surface area (Å²) in [5.74, 6) is -2.21. The molecule has 0 saturated heterocycles. The van der Waals surface area contributed by atoms with E-state index in [0.29, 0.717) is 18.2 Å². The maximum Gasteiger partial charge on any atom is 0.256 e. The Balaban J connectivity index is 2.27. The first-order valence-corrected chi connectivity index (χ1v) is 8.15. The van der Waals surface area contributed by atoms with Gasteiger partial charge in [0, 0.05) is 12.6 Å². The predicted octanol–water partition coefficient (Wildman–Crippen LogP) is 4.19. The number of nitrogens with zero attached hydrogens (tertiary/aromatic N) is 1. The fourth-order valence-electron chi connectivity index (χ4n) is 2.61. The molecule has 2 aromatic carbocycles. The van der Waals surface area contributed by atoms with Crippen LogP contribution < -0.4 is 0 Å². The lowest BCUT2D eigenvalue weighted by Crippen LogP contribution is -2.40. The van der Waals surface area contributed by atoms with Crippen molar-refractivity contribution in [1.82, 2.24) is 4.90 Å². The Morgan fingerprint density at radius 3 is 2.32 bits per heavy atom. The van der Waals surface area contributed by atoms with E-state index in [9.17, 15) is 18.7 Å². The van der Waals surface area contributed by atoms with Crippen LogP contribution in [-0.4, -0.2) is 29.0 Å². The van der Waals surface area contributed by atoms with Crippen LogP contribution in [-0.2, 0) is 0 Å². The summed E-state index contributed by atoms with van der Waals surface area (Å²) in [7, 11) is 0.